The van der Waals surface area contributed by atoms with Crippen molar-refractivity contribution < 1.29 is 0 Å². The van der Waals surface area contributed by atoms with Gasteiger partial charge in [0.25, 0.3) is 0 Å². The molecule has 0 aliphatic rings. The Bertz CT molecular complexity index is 570. The molecule has 2 rings (SSSR count). The Morgan fingerprint density at radius 3 is 2.26 bits per heavy atom. The molecule has 0 aliphatic heterocycles. The van der Waals surface area contributed by atoms with Crippen LogP contribution in [0, 0.1) is 20.8 Å². The zero-order chi connectivity index (χ0) is 14.0. The maximum Gasteiger partial charge on any atom is 0.0492 e. The lowest BCUT2D eigenvalue weighted by Gasteiger charge is -2.18. The zero-order valence-electron chi connectivity index (χ0n) is 11.9. The molecule has 0 spiro atoms. The average molecular weight is 318 g/mol. The van der Waals surface area contributed by atoms with Gasteiger partial charge < -0.3 is 5.32 Å². The Labute approximate surface area is 124 Å². The number of hydrogen-bond donors (Lipinski definition) is 1. The van der Waals surface area contributed by atoms with Gasteiger partial charge in [0.1, 0.15) is 0 Å². The SMILES string of the molecule is Cc1cc(C)cc(C(C)Nc2cccc(C)c2Br)c1. The lowest BCUT2D eigenvalue weighted by Crippen LogP contribution is -2.08. The molecule has 0 amide bonds. The van der Waals surface area contributed by atoms with E-state index < -0.39 is 0 Å². The second kappa shape index (κ2) is 5.79. The van der Waals surface area contributed by atoms with Crippen LogP contribution in [-0.2, 0) is 0 Å². The quantitative estimate of drug-likeness (QED) is 0.782. The van der Waals surface area contributed by atoms with Gasteiger partial charge in [0.05, 0.1) is 0 Å². The van der Waals surface area contributed by atoms with Crippen LogP contribution in [0.5, 0.6) is 0 Å². The molecule has 0 fully saturated rings. The molecule has 19 heavy (non-hydrogen) atoms. The van der Waals surface area contributed by atoms with Crippen molar-refractivity contribution in [2.75, 3.05) is 5.32 Å². The number of hydrogen-bond acceptors (Lipinski definition) is 1. The summed E-state index contributed by atoms with van der Waals surface area (Å²) < 4.78 is 1.14. The van der Waals surface area contributed by atoms with E-state index >= 15 is 0 Å². The van der Waals surface area contributed by atoms with Crippen molar-refractivity contribution in [2.24, 2.45) is 0 Å². The molecule has 1 unspecified atom stereocenters. The fourth-order valence-corrected chi connectivity index (χ4v) is 2.71. The fourth-order valence-electron chi connectivity index (χ4n) is 2.34. The van der Waals surface area contributed by atoms with Crippen LogP contribution in [0.3, 0.4) is 0 Å². The summed E-state index contributed by atoms with van der Waals surface area (Å²) in [5.41, 5.74) is 6.34. The minimum absolute atomic E-state index is 0.289. The number of nitrogens with one attached hydrogen (secondary N) is 1. The number of halogens is 1. The van der Waals surface area contributed by atoms with Gasteiger partial charge in [-0.05, 0) is 60.8 Å². The lowest BCUT2D eigenvalue weighted by atomic mass is 10.0. The van der Waals surface area contributed by atoms with Gasteiger partial charge in [-0.15, -0.1) is 0 Å². The monoisotopic (exact) mass is 317 g/mol. The summed E-state index contributed by atoms with van der Waals surface area (Å²) in [6, 6.07) is 13.3. The molecule has 0 bridgehead atoms. The van der Waals surface area contributed by atoms with Crippen molar-refractivity contribution in [3.63, 3.8) is 0 Å². The molecular formula is C17H20BrN. The molecule has 0 heterocycles. The van der Waals surface area contributed by atoms with Crippen molar-refractivity contribution in [2.45, 2.75) is 33.7 Å². The third kappa shape index (κ3) is 3.38. The van der Waals surface area contributed by atoms with Crippen molar-refractivity contribution >= 4 is 21.6 Å². The van der Waals surface area contributed by atoms with Gasteiger partial charge in [-0.3, -0.25) is 0 Å². The third-order valence-corrected chi connectivity index (χ3v) is 4.36. The summed E-state index contributed by atoms with van der Waals surface area (Å²) in [6.07, 6.45) is 0. The Morgan fingerprint density at radius 1 is 1.00 bits per heavy atom. The van der Waals surface area contributed by atoms with Gasteiger partial charge in [-0.25, -0.2) is 0 Å². The Morgan fingerprint density at radius 2 is 1.63 bits per heavy atom. The molecule has 2 aromatic rings. The maximum atomic E-state index is 3.65. The van der Waals surface area contributed by atoms with Gasteiger partial charge in [0.15, 0.2) is 0 Å². The highest BCUT2D eigenvalue weighted by Gasteiger charge is 2.09. The summed E-state index contributed by atoms with van der Waals surface area (Å²) in [7, 11) is 0. The van der Waals surface area contributed by atoms with Crippen LogP contribution in [0.25, 0.3) is 0 Å². The first kappa shape index (κ1) is 14.1. The van der Waals surface area contributed by atoms with Crippen LogP contribution in [0.15, 0.2) is 40.9 Å². The molecule has 1 N–H and O–H groups in total. The predicted molar refractivity (Wildman–Crippen MR) is 86.8 cm³/mol. The fraction of sp³-hybridized carbons (Fsp3) is 0.294. The topological polar surface area (TPSA) is 12.0 Å². The molecule has 0 aromatic heterocycles. The molecule has 0 radical (unpaired) electrons. The minimum atomic E-state index is 0.289. The van der Waals surface area contributed by atoms with Crippen LogP contribution < -0.4 is 5.32 Å². The van der Waals surface area contributed by atoms with Crippen LogP contribution >= 0.6 is 15.9 Å². The minimum Gasteiger partial charge on any atom is -0.378 e. The van der Waals surface area contributed by atoms with Crippen molar-refractivity contribution in [3.05, 3.63) is 63.1 Å². The van der Waals surface area contributed by atoms with Gasteiger partial charge in [0.2, 0.25) is 0 Å². The Kier molecular flexibility index (Phi) is 4.31. The van der Waals surface area contributed by atoms with Crippen molar-refractivity contribution in [1.82, 2.24) is 0 Å². The van der Waals surface area contributed by atoms with E-state index in [-0.39, 0.29) is 6.04 Å². The smallest absolute Gasteiger partial charge is 0.0492 e. The standard InChI is InChI=1S/C17H20BrN/c1-11-8-12(2)10-15(9-11)14(4)19-16-7-5-6-13(3)17(16)18/h5-10,14,19H,1-4H3. The van der Waals surface area contributed by atoms with Gasteiger partial charge in [-0.2, -0.15) is 0 Å². The third-order valence-electron chi connectivity index (χ3n) is 3.31. The highest BCUT2D eigenvalue weighted by molar-refractivity contribution is 9.10. The van der Waals surface area contributed by atoms with Gasteiger partial charge >= 0.3 is 0 Å². The largest absolute Gasteiger partial charge is 0.378 e. The van der Waals surface area contributed by atoms with Gasteiger partial charge in [0, 0.05) is 16.2 Å². The summed E-state index contributed by atoms with van der Waals surface area (Å²) in [5.74, 6) is 0. The molecule has 2 heteroatoms. The summed E-state index contributed by atoms with van der Waals surface area (Å²) in [5, 5.41) is 3.57. The number of aryl methyl sites for hydroxylation is 3. The number of rotatable bonds is 3. The van der Waals surface area contributed by atoms with E-state index in [9.17, 15) is 0 Å². The Balaban J connectivity index is 2.25. The second-order valence-corrected chi connectivity index (χ2v) is 6.02. The van der Waals surface area contributed by atoms with Gasteiger partial charge in [-0.1, -0.05) is 41.5 Å². The predicted octanol–water partition coefficient (Wildman–Crippen LogP) is 5.55. The van der Waals surface area contributed by atoms with E-state index in [0.717, 1.165) is 10.2 Å². The van der Waals surface area contributed by atoms with E-state index in [2.05, 4.69) is 85.3 Å². The maximum absolute atomic E-state index is 3.65. The van der Waals surface area contributed by atoms with E-state index in [1.165, 1.54) is 22.3 Å². The zero-order valence-corrected chi connectivity index (χ0v) is 13.5. The molecule has 100 valence electrons. The molecule has 0 saturated carbocycles. The first-order valence-electron chi connectivity index (χ1n) is 6.57. The second-order valence-electron chi connectivity index (χ2n) is 5.22. The normalized spacial score (nSPS) is 12.3. The molecule has 1 nitrogen and oxygen atoms in total. The van der Waals surface area contributed by atoms with E-state index in [1.54, 1.807) is 0 Å². The van der Waals surface area contributed by atoms with Crippen LogP contribution in [0.2, 0.25) is 0 Å². The average Bonchev–Trinajstić information content (AvgIpc) is 2.33. The molecule has 0 saturated heterocycles. The Hall–Kier alpha value is -1.28. The van der Waals surface area contributed by atoms with E-state index in [1.807, 2.05) is 0 Å². The lowest BCUT2D eigenvalue weighted by molar-refractivity contribution is 0.879. The summed E-state index contributed by atoms with van der Waals surface area (Å²) in [6.45, 7) is 8.59. The first-order chi connectivity index (χ1) is 8.97. The molecular weight excluding hydrogens is 298 g/mol. The van der Waals surface area contributed by atoms with Crippen LogP contribution in [0.4, 0.5) is 5.69 Å². The highest BCUT2D eigenvalue weighted by Crippen LogP contribution is 2.29. The summed E-state index contributed by atoms with van der Waals surface area (Å²) >= 11 is 3.65. The molecule has 1 atom stereocenters. The van der Waals surface area contributed by atoms with Crippen LogP contribution in [-0.4, -0.2) is 0 Å². The molecule has 2 aromatic carbocycles. The van der Waals surface area contributed by atoms with Crippen molar-refractivity contribution in [3.8, 4) is 0 Å². The van der Waals surface area contributed by atoms with Crippen molar-refractivity contribution in [1.29, 1.82) is 0 Å². The highest BCUT2D eigenvalue weighted by atomic mass is 79.9. The first-order valence-corrected chi connectivity index (χ1v) is 7.36. The number of benzene rings is 2. The number of anilines is 1. The molecule has 0 aliphatic carbocycles. The van der Waals surface area contributed by atoms with Crippen LogP contribution in [0.1, 0.15) is 35.2 Å². The van der Waals surface area contributed by atoms with E-state index in [0.29, 0.717) is 0 Å². The summed E-state index contributed by atoms with van der Waals surface area (Å²) in [4.78, 5) is 0. The van der Waals surface area contributed by atoms with E-state index in [4.69, 9.17) is 0 Å².